The van der Waals surface area contributed by atoms with Crippen molar-refractivity contribution in [2.45, 2.75) is 31.6 Å². The predicted octanol–water partition coefficient (Wildman–Crippen LogP) is 0.295. The molecule has 0 radical (unpaired) electrons. The van der Waals surface area contributed by atoms with E-state index < -0.39 is 15.6 Å². The second kappa shape index (κ2) is 6.60. The third-order valence-corrected chi connectivity index (χ3v) is 6.27. The van der Waals surface area contributed by atoms with Gasteiger partial charge in [0.25, 0.3) is 5.56 Å². The number of piperidine rings is 1. The van der Waals surface area contributed by atoms with Gasteiger partial charge in [-0.3, -0.25) is 14.0 Å². The number of esters is 1. The Hall–Kier alpha value is -2.20. The Kier molecular flexibility index (Phi) is 4.65. The van der Waals surface area contributed by atoms with E-state index in [0.29, 0.717) is 25.3 Å². The summed E-state index contributed by atoms with van der Waals surface area (Å²) in [6, 6.07) is 1.35. The highest BCUT2D eigenvalue weighted by molar-refractivity contribution is 7.89. The van der Waals surface area contributed by atoms with Gasteiger partial charge in [-0.15, -0.1) is 0 Å². The van der Waals surface area contributed by atoms with E-state index in [1.54, 1.807) is 13.8 Å². The highest BCUT2D eigenvalue weighted by Gasteiger charge is 2.33. The molecule has 0 spiro atoms. The van der Waals surface area contributed by atoms with E-state index in [2.05, 4.69) is 10.2 Å². The Morgan fingerprint density at radius 1 is 1.40 bits per heavy atom. The molecule has 1 aliphatic rings. The lowest BCUT2D eigenvalue weighted by Crippen LogP contribution is -2.40. The summed E-state index contributed by atoms with van der Waals surface area (Å²) in [7, 11) is -3.74. The molecule has 0 atom stereocenters. The molecule has 0 amide bonds. The van der Waals surface area contributed by atoms with Gasteiger partial charge in [0, 0.05) is 19.3 Å². The molecule has 1 fully saturated rings. The van der Waals surface area contributed by atoms with Crippen molar-refractivity contribution in [2.75, 3.05) is 19.7 Å². The molecule has 10 heteroatoms. The molecule has 9 nitrogen and oxygen atoms in total. The number of rotatable bonds is 4. The highest BCUT2D eigenvalue weighted by atomic mass is 32.2. The number of aromatic nitrogens is 3. The van der Waals surface area contributed by atoms with Gasteiger partial charge in [0.2, 0.25) is 10.0 Å². The molecule has 136 valence electrons. The summed E-state index contributed by atoms with van der Waals surface area (Å²) in [5.74, 6) is -0.0618. The quantitative estimate of drug-likeness (QED) is 0.776. The lowest BCUT2D eigenvalue weighted by atomic mass is 9.98. The maximum Gasteiger partial charge on any atom is 0.309 e. The van der Waals surface area contributed by atoms with Gasteiger partial charge in [0.05, 0.1) is 12.5 Å². The zero-order valence-corrected chi connectivity index (χ0v) is 14.9. The number of sulfonamides is 1. The van der Waals surface area contributed by atoms with Crippen LogP contribution in [-0.2, 0) is 19.6 Å². The van der Waals surface area contributed by atoms with E-state index in [9.17, 15) is 18.0 Å². The van der Waals surface area contributed by atoms with Crippen LogP contribution in [0.4, 0.5) is 0 Å². The minimum Gasteiger partial charge on any atom is -0.466 e. The van der Waals surface area contributed by atoms with Crippen molar-refractivity contribution in [3.8, 4) is 0 Å². The minimum atomic E-state index is -3.74. The summed E-state index contributed by atoms with van der Waals surface area (Å²) in [6.45, 7) is 4.21. The molecule has 0 aliphatic carbocycles. The predicted molar refractivity (Wildman–Crippen MR) is 88.7 cm³/mol. The number of aromatic amines is 1. The molecular weight excluding hydrogens is 348 g/mol. The molecule has 2 aromatic rings. The molecule has 0 saturated carbocycles. The number of carbonyl (C=O) groups excluding carboxylic acids is 1. The number of fused-ring (bicyclic) bond motifs is 1. The first-order valence-corrected chi connectivity index (χ1v) is 9.52. The smallest absolute Gasteiger partial charge is 0.309 e. The van der Waals surface area contributed by atoms with Crippen molar-refractivity contribution < 1.29 is 17.9 Å². The van der Waals surface area contributed by atoms with Crippen molar-refractivity contribution in [1.29, 1.82) is 0 Å². The van der Waals surface area contributed by atoms with E-state index in [1.807, 2.05) is 0 Å². The number of aryl methyl sites for hydroxylation is 1. The van der Waals surface area contributed by atoms with E-state index in [4.69, 9.17) is 4.74 Å². The minimum absolute atomic E-state index is 0.0451. The topological polar surface area (TPSA) is 114 Å². The first-order chi connectivity index (χ1) is 11.8. The Morgan fingerprint density at radius 2 is 2.08 bits per heavy atom. The number of hydrogen-bond acceptors (Lipinski definition) is 6. The third kappa shape index (κ3) is 3.19. The van der Waals surface area contributed by atoms with Crippen LogP contribution in [0.15, 0.2) is 22.0 Å². The van der Waals surface area contributed by atoms with Crippen LogP contribution >= 0.6 is 0 Å². The summed E-state index contributed by atoms with van der Waals surface area (Å²) in [6.07, 6.45) is 2.25. The number of H-pyrrole nitrogens is 1. The lowest BCUT2D eigenvalue weighted by Gasteiger charge is -2.29. The summed E-state index contributed by atoms with van der Waals surface area (Å²) in [5, 5.41) is 6.16. The second-order valence-corrected chi connectivity index (χ2v) is 7.90. The van der Waals surface area contributed by atoms with Crippen LogP contribution in [0.3, 0.4) is 0 Å². The normalized spacial score (nSPS) is 17.0. The average Bonchev–Trinajstić information content (AvgIpc) is 3.06. The fraction of sp³-hybridized carbons (Fsp3) is 0.533. The molecule has 1 aliphatic heterocycles. The van der Waals surface area contributed by atoms with Crippen LogP contribution in [0.5, 0.6) is 0 Å². The standard InChI is InChI=1S/C15H20N4O5S/c1-3-24-15(21)11-4-6-18(7-5-11)25(22,23)12-8-13-14(20)17-16-10(2)19(13)9-12/h8-9,11H,3-7H2,1-2H3,(H,17,20). The SMILES string of the molecule is CCOC(=O)C1CCN(S(=O)(=O)c2cc3c(=O)[nH]nc(C)n3c2)CC1. The van der Waals surface area contributed by atoms with Gasteiger partial charge < -0.3 is 4.74 Å². The van der Waals surface area contributed by atoms with Crippen LogP contribution < -0.4 is 5.56 Å². The molecular formula is C15H20N4O5S. The fourth-order valence-corrected chi connectivity index (χ4v) is 4.49. The van der Waals surface area contributed by atoms with Crippen LogP contribution in [0.2, 0.25) is 0 Å². The first kappa shape index (κ1) is 17.6. The largest absolute Gasteiger partial charge is 0.466 e. The molecule has 0 aromatic carbocycles. The van der Waals surface area contributed by atoms with E-state index in [0.717, 1.165) is 0 Å². The molecule has 1 N–H and O–H groups in total. The van der Waals surface area contributed by atoms with Gasteiger partial charge in [-0.05, 0) is 32.8 Å². The molecule has 1 saturated heterocycles. The van der Waals surface area contributed by atoms with Crippen molar-refractivity contribution in [3.05, 3.63) is 28.4 Å². The Labute approximate surface area is 144 Å². The van der Waals surface area contributed by atoms with E-state index >= 15 is 0 Å². The van der Waals surface area contributed by atoms with Gasteiger partial charge in [0.15, 0.2) is 0 Å². The maximum atomic E-state index is 12.8. The zero-order valence-electron chi connectivity index (χ0n) is 14.1. The number of nitrogens with one attached hydrogen (secondary N) is 1. The molecule has 0 unspecified atom stereocenters. The summed E-state index contributed by atoms with van der Waals surface area (Å²) in [5.41, 5.74) is -0.222. The average molecular weight is 368 g/mol. The molecule has 2 aromatic heterocycles. The molecule has 3 heterocycles. The lowest BCUT2D eigenvalue weighted by molar-refractivity contribution is -0.149. The first-order valence-electron chi connectivity index (χ1n) is 8.08. The number of nitrogens with zero attached hydrogens (tertiary/aromatic N) is 3. The van der Waals surface area contributed by atoms with Crippen molar-refractivity contribution in [3.63, 3.8) is 0 Å². The summed E-state index contributed by atoms with van der Waals surface area (Å²) < 4.78 is 33.5. The highest BCUT2D eigenvalue weighted by Crippen LogP contribution is 2.25. The van der Waals surface area contributed by atoms with Crippen molar-refractivity contribution >= 4 is 21.5 Å². The monoisotopic (exact) mass is 368 g/mol. The third-order valence-electron chi connectivity index (χ3n) is 4.41. The van der Waals surface area contributed by atoms with Gasteiger partial charge in [-0.25, -0.2) is 13.5 Å². The van der Waals surface area contributed by atoms with Gasteiger partial charge in [-0.2, -0.15) is 9.40 Å². The summed E-state index contributed by atoms with van der Waals surface area (Å²) >= 11 is 0. The van der Waals surface area contributed by atoms with Gasteiger partial charge in [-0.1, -0.05) is 0 Å². The number of carbonyl (C=O) groups is 1. The van der Waals surface area contributed by atoms with Gasteiger partial charge >= 0.3 is 5.97 Å². The van der Waals surface area contributed by atoms with Gasteiger partial charge in [0.1, 0.15) is 16.2 Å². The Balaban J connectivity index is 1.84. The summed E-state index contributed by atoms with van der Waals surface area (Å²) in [4.78, 5) is 23.7. The van der Waals surface area contributed by atoms with Crippen molar-refractivity contribution in [1.82, 2.24) is 18.9 Å². The molecule has 25 heavy (non-hydrogen) atoms. The van der Waals surface area contributed by atoms with E-state index in [1.165, 1.54) is 21.0 Å². The number of hydrogen-bond donors (Lipinski definition) is 1. The van der Waals surface area contributed by atoms with E-state index in [-0.39, 0.29) is 35.4 Å². The van der Waals surface area contributed by atoms with Crippen LogP contribution in [0, 0.1) is 12.8 Å². The van der Waals surface area contributed by atoms with Crippen LogP contribution in [0.25, 0.3) is 5.52 Å². The Bertz CT molecular complexity index is 954. The fourth-order valence-electron chi connectivity index (χ4n) is 3.01. The molecule has 0 bridgehead atoms. The second-order valence-electron chi connectivity index (χ2n) is 5.96. The number of ether oxygens (including phenoxy) is 1. The zero-order chi connectivity index (χ0) is 18.2. The van der Waals surface area contributed by atoms with Crippen LogP contribution in [0.1, 0.15) is 25.6 Å². The Morgan fingerprint density at radius 3 is 2.68 bits per heavy atom. The van der Waals surface area contributed by atoms with Crippen LogP contribution in [-0.4, -0.2) is 53.0 Å². The van der Waals surface area contributed by atoms with Crippen molar-refractivity contribution in [2.24, 2.45) is 5.92 Å². The maximum absolute atomic E-state index is 12.8. The molecule has 3 rings (SSSR count).